The van der Waals surface area contributed by atoms with Crippen LogP contribution in [0.5, 0.6) is 0 Å². The van der Waals surface area contributed by atoms with Crippen LogP contribution in [0.2, 0.25) is 0 Å². The summed E-state index contributed by atoms with van der Waals surface area (Å²) in [6.45, 7) is 3.82. The molecule has 3 aromatic rings. The topological polar surface area (TPSA) is 69.0 Å². The molecule has 6 heteroatoms. The van der Waals surface area contributed by atoms with Crippen molar-refractivity contribution in [2.75, 3.05) is 16.8 Å². The first kappa shape index (κ1) is 19.3. The summed E-state index contributed by atoms with van der Waals surface area (Å²) in [4.78, 5) is 18.5. The SMILES string of the molecule is CCN(Cc1ccccc1)c1ccc(C=C(C#N)C(=O)Nc2nccs2)cc1. The predicted octanol–water partition coefficient (Wildman–Crippen LogP) is 4.72. The molecule has 1 aromatic heterocycles. The van der Waals surface area contributed by atoms with E-state index in [4.69, 9.17) is 0 Å². The zero-order valence-corrected chi connectivity index (χ0v) is 16.3. The lowest BCUT2D eigenvalue weighted by Gasteiger charge is -2.23. The maximum atomic E-state index is 12.2. The molecule has 0 bridgehead atoms. The Kier molecular flexibility index (Phi) is 6.55. The molecule has 0 spiro atoms. The third-order valence-electron chi connectivity index (χ3n) is 4.19. The van der Waals surface area contributed by atoms with Crippen molar-refractivity contribution in [1.82, 2.24) is 4.98 Å². The summed E-state index contributed by atoms with van der Waals surface area (Å²) in [5, 5.41) is 14.2. The monoisotopic (exact) mass is 388 g/mol. The lowest BCUT2D eigenvalue weighted by Crippen LogP contribution is -2.21. The Morgan fingerprint density at radius 3 is 2.57 bits per heavy atom. The number of carbonyl (C=O) groups excluding carboxylic acids is 1. The normalized spacial score (nSPS) is 10.9. The number of thiazole rings is 1. The molecule has 0 radical (unpaired) electrons. The van der Waals surface area contributed by atoms with Crippen LogP contribution < -0.4 is 10.2 Å². The molecule has 0 saturated carbocycles. The predicted molar refractivity (Wildman–Crippen MR) is 114 cm³/mol. The largest absolute Gasteiger partial charge is 0.367 e. The highest BCUT2D eigenvalue weighted by atomic mass is 32.1. The third kappa shape index (κ3) is 5.06. The van der Waals surface area contributed by atoms with Gasteiger partial charge in [-0.05, 0) is 36.3 Å². The zero-order chi connectivity index (χ0) is 19.8. The van der Waals surface area contributed by atoms with E-state index in [1.807, 2.05) is 48.5 Å². The fourth-order valence-corrected chi connectivity index (χ4v) is 3.26. The van der Waals surface area contributed by atoms with Gasteiger partial charge in [-0.15, -0.1) is 11.3 Å². The van der Waals surface area contributed by atoms with Gasteiger partial charge in [-0.25, -0.2) is 4.98 Å². The molecule has 0 unspecified atom stereocenters. The number of hydrogen-bond acceptors (Lipinski definition) is 5. The first-order chi connectivity index (χ1) is 13.7. The van der Waals surface area contributed by atoms with Crippen molar-refractivity contribution in [3.8, 4) is 6.07 Å². The quantitative estimate of drug-likeness (QED) is 0.470. The van der Waals surface area contributed by atoms with E-state index in [1.54, 1.807) is 17.7 Å². The summed E-state index contributed by atoms with van der Waals surface area (Å²) in [6.07, 6.45) is 3.18. The molecular weight excluding hydrogens is 368 g/mol. The standard InChI is InChI=1S/C22H20N4OS/c1-2-26(16-18-6-4-3-5-7-18)20-10-8-17(9-11-20)14-19(15-23)21(27)25-22-24-12-13-28-22/h3-14H,2,16H2,1H3,(H,24,25,27). The van der Waals surface area contributed by atoms with Crippen LogP contribution in [0.1, 0.15) is 18.1 Å². The van der Waals surface area contributed by atoms with Crippen LogP contribution >= 0.6 is 11.3 Å². The minimum Gasteiger partial charge on any atom is -0.367 e. The van der Waals surface area contributed by atoms with Crippen LogP contribution in [0.15, 0.2) is 71.7 Å². The van der Waals surface area contributed by atoms with Gasteiger partial charge in [-0.1, -0.05) is 42.5 Å². The molecule has 0 aliphatic carbocycles. The van der Waals surface area contributed by atoms with E-state index in [0.29, 0.717) is 5.13 Å². The smallest absolute Gasteiger partial charge is 0.268 e. The van der Waals surface area contributed by atoms with Crippen LogP contribution in [-0.2, 0) is 11.3 Å². The maximum Gasteiger partial charge on any atom is 0.268 e. The molecule has 0 aliphatic rings. The van der Waals surface area contributed by atoms with Gasteiger partial charge in [-0.3, -0.25) is 10.1 Å². The summed E-state index contributed by atoms with van der Waals surface area (Å²) in [5.41, 5.74) is 3.18. The van der Waals surface area contributed by atoms with Gasteiger partial charge in [0.15, 0.2) is 5.13 Å². The van der Waals surface area contributed by atoms with Gasteiger partial charge in [-0.2, -0.15) is 5.26 Å². The minimum absolute atomic E-state index is 0.0413. The Balaban J connectivity index is 1.72. The van der Waals surface area contributed by atoms with Crippen LogP contribution in [-0.4, -0.2) is 17.4 Å². The van der Waals surface area contributed by atoms with Crippen LogP contribution in [0, 0.1) is 11.3 Å². The summed E-state index contributed by atoms with van der Waals surface area (Å²) in [7, 11) is 0. The zero-order valence-electron chi connectivity index (χ0n) is 15.5. The molecule has 0 fully saturated rings. The van der Waals surface area contributed by atoms with E-state index in [-0.39, 0.29) is 5.57 Å². The average Bonchev–Trinajstić information content (AvgIpc) is 3.24. The van der Waals surface area contributed by atoms with E-state index in [0.717, 1.165) is 24.3 Å². The van der Waals surface area contributed by atoms with E-state index < -0.39 is 5.91 Å². The molecule has 5 nitrogen and oxygen atoms in total. The Morgan fingerprint density at radius 2 is 1.96 bits per heavy atom. The van der Waals surface area contributed by atoms with E-state index in [9.17, 15) is 10.1 Å². The van der Waals surface area contributed by atoms with Crippen molar-refractivity contribution in [2.45, 2.75) is 13.5 Å². The van der Waals surface area contributed by atoms with Gasteiger partial charge in [0.25, 0.3) is 5.91 Å². The molecule has 28 heavy (non-hydrogen) atoms. The fraction of sp³-hybridized carbons (Fsp3) is 0.136. The van der Waals surface area contributed by atoms with Crippen LogP contribution in [0.3, 0.4) is 0 Å². The summed E-state index contributed by atoms with van der Waals surface area (Å²) in [5.74, 6) is -0.458. The molecule has 1 heterocycles. The number of nitrogens with one attached hydrogen (secondary N) is 1. The van der Waals surface area contributed by atoms with E-state index >= 15 is 0 Å². The molecule has 2 aromatic carbocycles. The van der Waals surface area contributed by atoms with Gasteiger partial charge in [0.1, 0.15) is 11.6 Å². The van der Waals surface area contributed by atoms with Crippen molar-refractivity contribution >= 4 is 34.1 Å². The average molecular weight is 388 g/mol. The second-order valence-electron chi connectivity index (χ2n) is 6.05. The number of carbonyl (C=O) groups is 1. The summed E-state index contributed by atoms with van der Waals surface area (Å²) in [6, 6.07) is 20.1. The van der Waals surface area contributed by atoms with Crippen molar-refractivity contribution in [3.05, 3.63) is 82.9 Å². The number of hydrogen-bond donors (Lipinski definition) is 1. The maximum absolute atomic E-state index is 12.2. The lowest BCUT2D eigenvalue weighted by molar-refractivity contribution is -0.112. The molecule has 140 valence electrons. The van der Waals surface area contributed by atoms with Gasteiger partial charge in [0.05, 0.1) is 0 Å². The minimum atomic E-state index is -0.458. The van der Waals surface area contributed by atoms with Crippen molar-refractivity contribution < 1.29 is 4.79 Å². The van der Waals surface area contributed by atoms with Crippen molar-refractivity contribution in [1.29, 1.82) is 5.26 Å². The van der Waals surface area contributed by atoms with Gasteiger partial charge in [0, 0.05) is 30.4 Å². The molecule has 0 aliphatic heterocycles. The second kappa shape index (κ2) is 9.49. The van der Waals surface area contributed by atoms with Crippen LogP contribution in [0.4, 0.5) is 10.8 Å². The molecule has 3 rings (SSSR count). The highest BCUT2D eigenvalue weighted by Gasteiger charge is 2.11. The first-order valence-electron chi connectivity index (χ1n) is 8.91. The Bertz CT molecular complexity index is 974. The highest BCUT2D eigenvalue weighted by molar-refractivity contribution is 7.13. The fourth-order valence-electron chi connectivity index (χ4n) is 2.74. The van der Waals surface area contributed by atoms with Gasteiger partial charge in [0.2, 0.25) is 0 Å². The first-order valence-corrected chi connectivity index (χ1v) is 9.79. The number of benzene rings is 2. The number of amides is 1. The molecule has 1 amide bonds. The Labute approximate surface area is 168 Å². The number of nitrogens with zero attached hydrogens (tertiary/aromatic N) is 3. The molecule has 0 atom stereocenters. The van der Waals surface area contributed by atoms with Gasteiger partial charge < -0.3 is 4.90 Å². The number of anilines is 2. The highest BCUT2D eigenvalue weighted by Crippen LogP contribution is 2.20. The summed E-state index contributed by atoms with van der Waals surface area (Å²) < 4.78 is 0. The Hall–Kier alpha value is -3.43. The number of rotatable bonds is 7. The van der Waals surface area contributed by atoms with Crippen molar-refractivity contribution in [2.24, 2.45) is 0 Å². The van der Waals surface area contributed by atoms with Crippen LogP contribution in [0.25, 0.3) is 6.08 Å². The molecule has 1 N–H and O–H groups in total. The van der Waals surface area contributed by atoms with Gasteiger partial charge >= 0.3 is 0 Å². The van der Waals surface area contributed by atoms with Crippen molar-refractivity contribution in [3.63, 3.8) is 0 Å². The summed E-state index contributed by atoms with van der Waals surface area (Å²) >= 11 is 1.31. The number of aromatic nitrogens is 1. The molecular formula is C22H20N4OS. The molecule has 0 saturated heterocycles. The second-order valence-corrected chi connectivity index (χ2v) is 6.95. The Morgan fingerprint density at radius 1 is 1.21 bits per heavy atom. The number of nitriles is 1. The van der Waals surface area contributed by atoms with E-state index in [2.05, 4.69) is 34.3 Å². The third-order valence-corrected chi connectivity index (χ3v) is 4.87. The lowest BCUT2D eigenvalue weighted by atomic mass is 10.1. The van der Waals surface area contributed by atoms with E-state index in [1.165, 1.54) is 16.9 Å².